The molecule has 0 saturated heterocycles. The van der Waals surface area contributed by atoms with Crippen molar-refractivity contribution in [2.75, 3.05) is 55.1 Å². The smallest absolute Gasteiger partial charge is 0.127 e. The van der Waals surface area contributed by atoms with Gasteiger partial charge < -0.3 is 19.3 Å². The minimum absolute atomic E-state index is 0.342. The molecule has 1 aromatic carbocycles. The first-order valence-corrected chi connectivity index (χ1v) is 12.4. The van der Waals surface area contributed by atoms with E-state index in [0.29, 0.717) is 37.7 Å². The zero-order valence-electron chi connectivity index (χ0n) is 23.8. The molecule has 1 aromatic rings. The normalized spacial score (nSPS) is 16.9. The largest absolute Gasteiger partial charge is 0.497 e. The highest BCUT2D eigenvalue weighted by Crippen LogP contribution is 2.34. The number of methoxy groups -OCH3 is 2. The average Bonchev–Trinajstić information content (AvgIpc) is 2.96. The molecule has 1 aliphatic rings. The van der Waals surface area contributed by atoms with Crippen molar-refractivity contribution in [2.24, 2.45) is 20.1 Å². The van der Waals surface area contributed by atoms with Gasteiger partial charge in [0.2, 0.25) is 0 Å². The molecule has 0 aromatic heterocycles. The highest BCUT2D eigenvalue weighted by Gasteiger charge is 2.17. The van der Waals surface area contributed by atoms with Gasteiger partial charge in [0.25, 0.3) is 0 Å². The summed E-state index contributed by atoms with van der Waals surface area (Å²) in [6.45, 7) is 13.0. The molecule has 1 aliphatic heterocycles. The number of amidine groups is 1. The number of ether oxygens (including phenoxy) is 2. The highest BCUT2D eigenvalue weighted by atomic mass is 16.5. The third-order valence-electron chi connectivity index (χ3n) is 5.91. The Kier molecular flexibility index (Phi) is 12.0. The summed E-state index contributed by atoms with van der Waals surface area (Å²) in [4.78, 5) is 18.7. The summed E-state index contributed by atoms with van der Waals surface area (Å²) in [6.07, 6.45) is 12.3. The highest BCUT2D eigenvalue weighted by molar-refractivity contribution is 6.39. The molecule has 0 amide bonds. The molecule has 204 valence electrons. The van der Waals surface area contributed by atoms with Crippen LogP contribution >= 0.6 is 0 Å². The fourth-order valence-corrected chi connectivity index (χ4v) is 3.70. The second kappa shape index (κ2) is 15.2. The van der Waals surface area contributed by atoms with Crippen LogP contribution in [0.4, 0.5) is 5.69 Å². The van der Waals surface area contributed by atoms with Crippen molar-refractivity contribution in [1.29, 1.82) is 0 Å². The summed E-state index contributed by atoms with van der Waals surface area (Å²) >= 11 is 0. The molecule has 0 atom stereocenters. The molecule has 38 heavy (non-hydrogen) atoms. The quantitative estimate of drug-likeness (QED) is 0.191. The van der Waals surface area contributed by atoms with Crippen LogP contribution < -0.4 is 9.47 Å². The van der Waals surface area contributed by atoms with E-state index in [1.807, 2.05) is 70.4 Å². The van der Waals surface area contributed by atoms with Gasteiger partial charge in [-0.3, -0.25) is 15.0 Å². The number of hydrazone groups is 1. The minimum Gasteiger partial charge on any atom is -0.497 e. The van der Waals surface area contributed by atoms with E-state index in [-0.39, 0.29) is 0 Å². The molecule has 0 N–H and O–H groups in total. The Hall–Kier alpha value is -4.14. The lowest BCUT2D eigenvalue weighted by molar-refractivity contribution is 0.368. The van der Waals surface area contributed by atoms with Gasteiger partial charge in [0.05, 0.1) is 44.4 Å². The summed E-state index contributed by atoms with van der Waals surface area (Å²) < 4.78 is 11.1. The number of benzene rings is 1. The van der Waals surface area contributed by atoms with Gasteiger partial charge in [-0.2, -0.15) is 5.10 Å². The first-order valence-electron chi connectivity index (χ1n) is 12.4. The number of allylic oxidation sites excluding steroid dienone is 3. The van der Waals surface area contributed by atoms with Crippen LogP contribution in [0.3, 0.4) is 0 Å². The first kappa shape index (κ1) is 30.1. The summed E-state index contributed by atoms with van der Waals surface area (Å²) in [5.74, 6) is 2.22. The van der Waals surface area contributed by atoms with E-state index in [4.69, 9.17) is 19.5 Å². The molecule has 0 spiro atoms. The van der Waals surface area contributed by atoms with Crippen molar-refractivity contribution in [3.63, 3.8) is 0 Å². The lowest BCUT2D eigenvalue weighted by Crippen LogP contribution is -2.36. The molecule has 1 heterocycles. The van der Waals surface area contributed by atoms with Gasteiger partial charge in [-0.05, 0) is 13.8 Å². The van der Waals surface area contributed by atoms with Gasteiger partial charge in [-0.15, -0.1) is 0 Å². The molecular weight excluding hydrogens is 478 g/mol. The molecule has 0 bridgehead atoms. The fourth-order valence-electron chi connectivity index (χ4n) is 3.70. The van der Waals surface area contributed by atoms with E-state index in [1.165, 1.54) is 0 Å². The summed E-state index contributed by atoms with van der Waals surface area (Å²) in [5, 5.41) is 5.85. The molecule has 9 heteroatoms. The van der Waals surface area contributed by atoms with E-state index in [9.17, 15) is 0 Å². The maximum Gasteiger partial charge on any atom is 0.127 e. The number of nitrogens with zero attached hydrogens (tertiary/aromatic N) is 7. The predicted octanol–water partition coefficient (Wildman–Crippen LogP) is 4.86. The molecule has 0 radical (unpaired) electrons. The zero-order valence-corrected chi connectivity index (χ0v) is 23.8. The third-order valence-corrected chi connectivity index (χ3v) is 5.91. The topological polar surface area (TPSA) is 77.6 Å². The van der Waals surface area contributed by atoms with Crippen LogP contribution in [0.5, 0.6) is 11.5 Å². The van der Waals surface area contributed by atoms with E-state index >= 15 is 0 Å². The third kappa shape index (κ3) is 8.47. The summed E-state index contributed by atoms with van der Waals surface area (Å²) in [5.41, 5.74) is 4.27. The molecule has 2 rings (SSSR count). The Balaban J connectivity index is 2.72. The number of rotatable bonds is 10. The van der Waals surface area contributed by atoms with Crippen molar-refractivity contribution in [1.82, 2.24) is 14.8 Å². The van der Waals surface area contributed by atoms with Gasteiger partial charge in [0.15, 0.2) is 0 Å². The molecule has 0 saturated carbocycles. The Morgan fingerprint density at radius 3 is 2.55 bits per heavy atom. The molecule has 0 unspecified atom stereocenters. The van der Waals surface area contributed by atoms with Crippen LogP contribution in [0.2, 0.25) is 0 Å². The van der Waals surface area contributed by atoms with Crippen LogP contribution in [0.1, 0.15) is 18.9 Å². The van der Waals surface area contributed by atoms with Gasteiger partial charge in [0.1, 0.15) is 24.0 Å². The Labute approximate surface area is 227 Å². The second-order valence-corrected chi connectivity index (χ2v) is 8.75. The maximum absolute atomic E-state index is 5.58. The van der Waals surface area contributed by atoms with Crippen molar-refractivity contribution >= 4 is 30.2 Å². The Bertz CT molecular complexity index is 1160. The van der Waals surface area contributed by atoms with Gasteiger partial charge in [0, 0.05) is 70.0 Å². The minimum atomic E-state index is 0.342. The number of hydrogen-bond donors (Lipinski definition) is 0. The van der Waals surface area contributed by atoms with Crippen LogP contribution in [0.15, 0.2) is 80.6 Å². The summed E-state index contributed by atoms with van der Waals surface area (Å²) in [7, 11) is 9.08. The number of aliphatic imine (C=N–C) groups is 3. The van der Waals surface area contributed by atoms with Gasteiger partial charge in [-0.25, -0.2) is 4.99 Å². The predicted molar refractivity (Wildman–Crippen MR) is 161 cm³/mol. The lowest BCUT2D eigenvalue weighted by Gasteiger charge is -2.28. The van der Waals surface area contributed by atoms with E-state index in [1.54, 1.807) is 31.5 Å². The van der Waals surface area contributed by atoms with Crippen LogP contribution in [-0.2, 0) is 0 Å². The summed E-state index contributed by atoms with van der Waals surface area (Å²) in [6, 6.07) is 3.78. The molecular formula is C29H41N7O2. The first-order chi connectivity index (χ1) is 18.3. The van der Waals surface area contributed by atoms with Crippen molar-refractivity contribution < 1.29 is 9.47 Å². The monoisotopic (exact) mass is 519 g/mol. The van der Waals surface area contributed by atoms with Crippen molar-refractivity contribution in [3.8, 4) is 11.5 Å². The van der Waals surface area contributed by atoms with Gasteiger partial charge >= 0.3 is 0 Å². The maximum atomic E-state index is 5.58. The van der Waals surface area contributed by atoms with Crippen LogP contribution in [0, 0.1) is 6.92 Å². The van der Waals surface area contributed by atoms with E-state index < -0.39 is 0 Å². The molecule has 9 nitrogen and oxygen atoms in total. The lowest BCUT2D eigenvalue weighted by atomic mass is 10.1. The average molecular weight is 520 g/mol. The fraction of sp³-hybridized carbons (Fsp3) is 0.379. The van der Waals surface area contributed by atoms with Crippen LogP contribution in [-0.4, -0.2) is 94.4 Å². The SMILES string of the molecule is C=C/C(=C\N(C)C)C1=NCN(C/C(=C/C)N(C)N=C)C(=Nc2cc(OC)cc(OC)c2C)C/C=C\CN=C1. The number of likely N-dealkylation sites (N-methyl/N-ethyl adjacent to an activating group) is 1. The van der Waals surface area contributed by atoms with E-state index in [0.717, 1.165) is 34.1 Å². The number of hydrogen-bond acceptors (Lipinski definition) is 8. The Morgan fingerprint density at radius 2 is 1.95 bits per heavy atom. The van der Waals surface area contributed by atoms with Gasteiger partial charge in [-0.1, -0.05) is 30.9 Å². The zero-order chi connectivity index (χ0) is 28.1. The molecule has 0 fully saturated rings. The standard InChI is InChI=1S/C29H41N7O2/c1-10-23(19-34(5)6)27-18-31-15-13-12-14-29(36(21-32-27)20-24(11-2)35(7)30-4)33-26-16-25(37-8)17-28(38-9)22(26)3/h10-13,16-19H,1,4,14-15,20-21H2,2-3,5-9H3/b13-12-,23-19+,24-11-,31-18?,32-27?,33-29?. The second-order valence-electron chi connectivity index (χ2n) is 8.75. The van der Waals surface area contributed by atoms with Crippen molar-refractivity contribution in [3.05, 3.63) is 66.0 Å². The molecule has 0 aliphatic carbocycles. The van der Waals surface area contributed by atoms with Crippen LogP contribution in [0.25, 0.3) is 0 Å². The van der Waals surface area contributed by atoms with E-state index in [2.05, 4.69) is 34.4 Å². The Morgan fingerprint density at radius 1 is 1.18 bits per heavy atom. The van der Waals surface area contributed by atoms with Crippen molar-refractivity contribution in [2.45, 2.75) is 20.3 Å².